The molecule has 42 heavy (non-hydrogen) atoms. The normalized spacial score (nSPS) is 19.7. The van der Waals surface area contributed by atoms with Gasteiger partial charge in [0.15, 0.2) is 5.82 Å². The van der Waals surface area contributed by atoms with E-state index in [2.05, 4.69) is 15.3 Å². The second-order valence-electron chi connectivity index (χ2n) is 10.8. The lowest BCUT2D eigenvalue weighted by molar-refractivity contribution is -0.140. The Hall–Kier alpha value is -4.22. The first-order valence-corrected chi connectivity index (χ1v) is 14.5. The molecule has 1 aromatic carbocycles. The zero-order valence-electron chi connectivity index (χ0n) is 24.3. The highest BCUT2D eigenvalue weighted by Gasteiger charge is 2.38. The molecule has 3 amide bonds. The van der Waals surface area contributed by atoms with Crippen LogP contribution in [0.3, 0.4) is 0 Å². The summed E-state index contributed by atoms with van der Waals surface area (Å²) in [5.74, 6) is -1.57. The van der Waals surface area contributed by atoms with Crippen molar-refractivity contribution in [2.75, 3.05) is 19.7 Å². The number of aliphatic carboxylic acids is 1. The average Bonchev–Trinajstić information content (AvgIpc) is 3.49. The van der Waals surface area contributed by atoms with Crippen molar-refractivity contribution in [1.29, 1.82) is 0 Å². The van der Waals surface area contributed by atoms with E-state index in [1.54, 1.807) is 23.6 Å². The van der Waals surface area contributed by atoms with Crippen LogP contribution in [-0.2, 0) is 14.3 Å². The fourth-order valence-electron chi connectivity index (χ4n) is 5.35. The van der Waals surface area contributed by atoms with Gasteiger partial charge >= 0.3 is 12.1 Å². The van der Waals surface area contributed by atoms with Gasteiger partial charge in [-0.05, 0) is 52.9 Å². The zero-order valence-corrected chi connectivity index (χ0v) is 24.3. The van der Waals surface area contributed by atoms with Crippen LogP contribution in [0.15, 0.2) is 36.4 Å². The van der Waals surface area contributed by atoms with Crippen LogP contribution in [0, 0.1) is 0 Å². The molecule has 1 aromatic heterocycles. The Balaban J connectivity index is 1.56. The standard InChI is InChI=1S/C30H39N5O7/c1-4-41-30(40)35-18-19(2)34(17-20(35)3)29(39)23(14-15-26(36)37)32-28(38)24-16-25(42-22-12-8-9-13-22)33-27(31-24)21-10-6-5-7-11-21/h5-7,10-11,16,19-20,22-23H,4,8-9,12-15,17-18H2,1-3H3,(H,32,38)(H,36,37). The predicted molar refractivity (Wildman–Crippen MR) is 153 cm³/mol. The molecule has 2 aromatic rings. The Kier molecular flexibility index (Phi) is 10.3. The summed E-state index contributed by atoms with van der Waals surface area (Å²) in [6.45, 7) is 6.04. The summed E-state index contributed by atoms with van der Waals surface area (Å²) in [5.41, 5.74) is 0.711. The van der Waals surface area contributed by atoms with Crippen LogP contribution in [0.5, 0.6) is 5.88 Å². The number of hydrogen-bond donors (Lipinski definition) is 2. The van der Waals surface area contributed by atoms with Gasteiger partial charge in [0.1, 0.15) is 17.8 Å². The number of carbonyl (C=O) groups is 4. The first-order valence-electron chi connectivity index (χ1n) is 14.5. The van der Waals surface area contributed by atoms with Gasteiger partial charge in [-0.3, -0.25) is 14.4 Å². The minimum atomic E-state index is -1.12. The number of carboxylic acid groups (broad SMARTS) is 1. The third kappa shape index (κ3) is 7.74. The molecule has 1 aliphatic carbocycles. The van der Waals surface area contributed by atoms with Gasteiger partial charge in [0.2, 0.25) is 11.8 Å². The molecule has 2 heterocycles. The van der Waals surface area contributed by atoms with Crippen molar-refractivity contribution < 1.29 is 33.8 Å². The number of nitrogens with one attached hydrogen (secondary N) is 1. The number of carboxylic acids is 1. The molecule has 0 spiro atoms. The maximum Gasteiger partial charge on any atom is 0.410 e. The smallest absolute Gasteiger partial charge is 0.410 e. The summed E-state index contributed by atoms with van der Waals surface area (Å²) in [4.78, 5) is 63.3. The van der Waals surface area contributed by atoms with Gasteiger partial charge in [-0.2, -0.15) is 4.98 Å². The van der Waals surface area contributed by atoms with E-state index in [4.69, 9.17) is 9.47 Å². The fourth-order valence-corrected chi connectivity index (χ4v) is 5.35. The van der Waals surface area contributed by atoms with Crippen LogP contribution in [0.1, 0.15) is 69.8 Å². The lowest BCUT2D eigenvalue weighted by Gasteiger charge is -2.44. The molecule has 1 aliphatic heterocycles. The number of aromatic nitrogens is 2. The molecule has 226 valence electrons. The molecule has 3 unspecified atom stereocenters. The summed E-state index contributed by atoms with van der Waals surface area (Å²) in [6, 6.07) is 8.84. The van der Waals surface area contributed by atoms with E-state index in [1.165, 1.54) is 6.07 Å². The third-order valence-corrected chi connectivity index (χ3v) is 7.58. The van der Waals surface area contributed by atoms with E-state index in [0.717, 1.165) is 25.7 Å². The van der Waals surface area contributed by atoms with E-state index in [-0.39, 0.29) is 62.3 Å². The summed E-state index contributed by atoms with van der Waals surface area (Å²) in [5, 5.41) is 12.1. The van der Waals surface area contributed by atoms with Gasteiger partial charge < -0.3 is 29.7 Å². The summed E-state index contributed by atoms with van der Waals surface area (Å²) in [7, 11) is 0. The number of amides is 3. The summed E-state index contributed by atoms with van der Waals surface area (Å²) < 4.78 is 11.2. The number of ether oxygens (including phenoxy) is 2. The molecular formula is C30H39N5O7. The Labute approximate surface area is 245 Å². The lowest BCUT2D eigenvalue weighted by atomic mass is 10.0. The quantitative estimate of drug-likeness (QED) is 0.429. The van der Waals surface area contributed by atoms with Crippen LogP contribution in [0.25, 0.3) is 11.4 Å². The molecule has 2 aliphatic rings. The van der Waals surface area contributed by atoms with Crippen molar-refractivity contribution in [1.82, 2.24) is 25.1 Å². The van der Waals surface area contributed by atoms with E-state index in [1.807, 2.05) is 37.3 Å². The number of piperazine rings is 1. The number of rotatable bonds is 10. The van der Waals surface area contributed by atoms with Crippen LogP contribution in [0.2, 0.25) is 0 Å². The molecule has 1 saturated heterocycles. The zero-order chi connectivity index (χ0) is 30.2. The first-order chi connectivity index (χ1) is 20.2. The van der Waals surface area contributed by atoms with Crippen LogP contribution >= 0.6 is 0 Å². The van der Waals surface area contributed by atoms with Crippen molar-refractivity contribution >= 4 is 23.9 Å². The maximum atomic E-state index is 13.7. The molecule has 3 atom stereocenters. The monoisotopic (exact) mass is 581 g/mol. The predicted octanol–water partition coefficient (Wildman–Crippen LogP) is 3.51. The molecule has 12 heteroatoms. The van der Waals surface area contributed by atoms with Gasteiger partial charge in [0, 0.05) is 43.2 Å². The van der Waals surface area contributed by atoms with Crippen LogP contribution in [0.4, 0.5) is 4.79 Å². The van der Waals surface area contributed by atoms with E-state index in [0.29, 0.717) is 11.4 Å². The Morgan fingerprint density at radius 2 is 1.69 bits per heavy atom. The fraction of sp³-hybridized carbons (Fsp3) is 0.533. The molecule has 2 N–H and O–H groups in total. The maximum absolute atomic E-state index is 13.7. The number of carbonyl (C=O) groups excluding carboxylic acids is 3. The molecular weight excluding hydrogens is 542 g/mol. The molecule has 1 saturated carbocycles. The Morgan fingerprint density at radius 3 is 2.36 bits per heavy atom. The second-order valence-corrected chi connectivity index (χ2v) is 10.8. The van der Waals surface area contributed by atoms with Gasteiger partial charge in [-0.1, -0.05) is 30.3 Å². The number of hydrogen-bond acceptors (Lipinski definition) is 8. The van der Waals surface area contributed by atoms with Gasteiger partial charge in [-0.25, -0.2) is 9.78 Å². The third-order valence-electron chi connectivity index (χ3n) is 7.58. The first kappa shape index (κ1) is 30.7. The van der Waals surface area contributed by atoms with Crippen molar-refractivity contribution in [2.45, 2.75) is 83.5 Å². The van der Waals surface area contributed by atoms with E-state index < -0.39 is 29.9 Å². The number of nitrogens with zero attached hydrogens (tertiary/aromatic N) is 4. The highest BCUT2D eigenvalue weighted by atomic mass is 16.6. The van der Waals surface area contributed by atoms with E-state index >= 15 is 0 Å². The Bertz CT molecular complexity index is 1270. The topological polar surface area (TPSA) is 151 Å². The summed E-state index contributed by atoms with van der Waals surface area (Å²) in [6.07, 6.45) is 3.05. The molecule has 0 radical (unpaired) electrons. The van der Waals surface area contributed by atoms with Crippen LogP contribution in [-0.4, -0.2) is 92.7 Å². The van der Waals surface area contributed by atoms with Gasteiger partial charge in [0.25, 0.3) is 5.91 Å². The SMILES string of the molecule is CCOC(=O)N1CC(C)N(C(=O)C(CCC(=O)O)NC(=O)c2cc(OC3CCCC3)nc(-c3ccccc3)n2)CC1C. The molecule has 12 nitrogen and oxygen atoms in total. The van der Waals surface area contributed by atoms with Crippen LogP contribution < -0.4 is 10.1 Å². The molecule has 4 rings (SSSR count). The Morgan fingerprint density at radius 1 is 1.02 bits per heavy atom. The minimum absolute atomic E-state index is 0.001000. The van der Waals surface area contributed by atoms with Crippen molar-refractivity contribution in [3.05, 3.63) is 42.1 Å². The van der Waals surface area contributed by atoms with E-state index in [9.17, 15) is 24.3 Å². The van der Waals surface area contributed by atoms with Gasteiger partial charge in [-0.15, -0.1) is 0 Å². The second kappa shape index (κ2) is 14.1. The highest BCUT2D eigenvalue weighted by Crippen LogP contribution is 2.26. The minimum Gasteiger partial charge on any atom is -0.481 e. The molecule has 2 fully saturated rings. The van der Waals surface area contributed by atoms with Crippen molar-refractivity contribution in [2.24, 2.45) is 0 Å². The highest BCUT2D eigenvalue weighted by molar-refractivity contribution is 5.97. The largest absolute Gasteiger partial charge is 0.481 e. The van der Waals surface area contributed by atoms with Gasteiger partial charge in [0.05, 0.1) is 6.61 Å². The van der Waals surface area contributed by atoms with Crippen molar-refractivity contribution in [3.8, 4) is 17.3 Å². The average molecular weight is 582 g/mol. The number of benzene rings is 1. The lowest BCUT2D eigenvalue weighted by Crippen LogP contribution is -2.62. The summed E-state index contributed by atoms with van der Waals surface area (Å²) >= 11 is 0. The molecule has 0 bridgehead atoms. The van der Waals surface area contributed by atoms with Crippen molar-refractivity contribution in [3.63, 3.8) is 0 Å².